The highest BCUT2D eigenvalue weighted by molar-refractivity contribution is 5.85. The lowest BCUT2D eigenvalue weighted by atomic mass is 9.88. The maximum atomic E-state index is 8.64. The van der Waals surface area contributed by atoms with Gasteiger partial charge >= 0.3 is 0 Å². The molecule has 0 amide bonds. The van der Waals surface area contributed by atoms with Gasteiger partial charge in [-0.2, -0.15) is 0 Å². The number of nitrogens with two attached hydrogens (primary N) is 1. The molecule has 0 atom stereocenters. The highest BCUT2D eigenvalue weighted by atomic mass is 16.5. The van der Waals surface area contributed by atoms with Crippen LogP contribution >= 0.6 is 0 Å². The van der Waals surface area contributed by atoms with Crippen molar-refractivity contribution >= 4 is 5.84 Å². The molecule has 0 spiro atoms. The quantitative estimate of drug-likeness (QED) is 0.329. The molecule has 1 fully saturated rings. The van der Waals surface area contributed by atoms with Crippen LogP contribution in [0.25, 0.3) is 0 Å². The van der Waals surface area contributed by atoms with Gasteiger partial charge in [0.25, 0.3) is 0 Å². The van der Waals surface area contributed by atoms with Crippen molar-refractivity contribution in [2.45, 2.75) is 58.5 Å². The molecular weight excluding hydrogens is 204 g/mol. The standard InChI is InChI=1S/C12H24N2O2/c1-12(2,11(13)14-15)8-9-16-10-6-4-3-5-7-10/h10,15H,3-9H2,1-2H3,(H2,13,14). The van der Waals surface area contributed by atoms with Crippen molar-refractivity contribution in [2.24, 2.45) is 16.3 Å². The molecule has 0 aliphatic heterocycles. The molecule has 0 bridgehead atoms. The third-order valence-corrected chi connectivity index (χ3v) is 3.43. The molecule has 0 saturated heterocycles. The van der Waals surface area contributed by atoms with Gasteiger partial charge in [-0.15, -0.1) is 0 Å². The predicted molar refractivity (Wildman–Crippen MR) is 64.6 cm³/mol. The summed E-state index contributed by atoms with van der Waals surface area (Å²) in [6.45, 7) is 4.62. The second-order valence-corrected chi connectivity index (χ2v) is 5.25. The number of hydrogen-bond acceptors (Lipinski definition) is 3. The molecular formula is C12H24N2O2. The van der Waals surface area contributed by atoms with Crippen LogP contribution < -0.4 is 5.73 Å². The second kappa shape index (κ2) is 6.09. The molecule has 94 valence electrons. The van der Waals surface area contributed by atoms with Gasteiger partial charge in [0, 0.05) is 12.0 Å². The smallest absolute Gasteiger partial charge is 0.144 e. The van der Waals surface area contributed by atoms with Gasteiger partial charge in [-0.25, -0.2) is 0 Å². The first-order chi connectivity index (χ1) is 7.56. The Balaban J connectivity index is 2.23. The minimum Gasteiger partial charge on any atom is -0.409 e. The van der Waals surface area contributed by atoms with Gasteiger partial charge in [-0.05, 0) is 19.3 Å². The Bertz CT molecular complexity index is 233. The van der Waals surface area contributed by atoms with Gasteiger partial charge in [-0.3, -0.25) is 0 Å². The highest BCUT2D eigenvalue weighted by Gasteiger charge is 2.24. The van der Waals surface area contributed by atoms with E-state index in [0.717, 1.165) is 6.42 Å². The minimum atomic E-state index is -0.288. The van der Waals surface area contributed by atoms with E-state index >= 15 is 0 Å². The molecule has 0 unspecified atom stereocenters. The van der Waals surface area contributed by atoms with E-state index in [1.165, 1.54) is 32.1 Å². The molecule has 16 heavy (non-hydrogen) atoms. The van der Waals surface area contributed by atoms with Crippen LogP contribution in [0.3, 0.4) is 0 Å². The number of nitrogens with zero attached hydrogens (tertiary/aromatic N) is 1. The van der Waals surface area contributed by atoms with Crippen LogP contribution in [0, 0.1) is 5.41 Å². The van der Waals surface area contributed by atoms with Crippen LogP contribution in [0.15, 0.2) is 5.16 Å². The van der Waals surface area contributed by atoms with Crippen molar-refractivity contribution in [1.82, 2.24) is 0 Å². The van der Waals surface area contributed by atoms with E-state index in [4.69, 9.17) is 15.7 Å². The minimum absolute atomic E-state index is 0.278. The van der Waals surface area contributed by atoms with E-state index in [1.54, 1.807) is 0 Å². The van der Waals surface area contributed by atoms with Gasteiger partial charge < -0.3 is 15.7 Å². The molecule has 0 aromatic carbocycles. The van der Waals surface area contributed by atoms with E-state index in [9.17, 15) is 0 Å². The average Bonchev–Trinajstić information content (AvgIpc) is 2.29. The van der Waals surface area contributed by atoms with Gasteiger partial charge in [0.1, 0.15) is 5.84 Å². The first-order valence-corrected chi connectivity index (χ1v) is 6.16. The number of rotatable bonds is 5. The van der Waals surface area contributed by atoms with Crippen LogP contribution in [0.2, 0.25) is 0 Å². The monoisotopic (exact) mass is 228 g/mol. The van der Waals surface area contributed by atoms with Crippen LogP contribution in [0.4, 0.5) is 0 Å². The Morgan fingerprint density at radius 1 is 1.38 bits per heavy atom. The lowest BCUT2D eigenvalue weighted by Crippen LogP contribution is -2.33. The number of oxime groups is 1. The van der Waals surface area contributed by atoms with Gasteiger partial charge in [0.05, 0.1) is 6.10 Å². The van der Waals surface area contributed by atoms with Gasteiger partial charge in [0.2, 0.25) is 0 Å². The summed E-state index contributed by atoms with van der Waals surface area (Å²) in [6, 6.07) is 0. The van der Waals surface area contributed by atoms with Crippen molar-refractivity contribution in [2.75, 3.05) is 6.61 Å². The molecule has 1 aliphatic carbocycles. The van der Waals surface area contributed by atoms with Crippen molar-refractivity contribution in [3.05, 3.63) is 0 Å². The third-order valence-electron chi connectivity index (χ3n) is 3.43. The van der Waals surface area contributed by atoms with E-state index in [0.29, 0.717) is 12.7 Å². The Labute approximate surface area is 97.8 Å². The first-order valence-electron chi connectivity index (χ1n) is 6.16. The molecule has 0 heterocycles. The number of amidine groups is 1. The zero-order chi connectivity index (χ0) is 12.0. The van der Waals surface area contributed by atoms with Gasteiger partial charge in [-0.1, -0.05) is 38.3 Å². The lowest BCUT2D eigenvalue weighted by molar-refractivity contribution is 0.0194. The fraction of sp³-hybridized carbons (Fsp3) is 0.917. The first kappa shape index (κ1) is 13.3. The van der Waals surface area contributed by atoms with E-state index in [-0.39, 0.29) is 11.3 Å². The zero-order valence-corrected chi connectivity index (χ0v) is 10.4. The van der Waals surface area contributed by atoms with E-state index in [1.807, 2.05) is 13.8 Å². The summed E-state index contributed by atoms with van der Waals surface area (Å²) in [6.07, 6.45) is 7.50. The Hall–Kier alpha value is -0.770. The maximum Gasteiger partial charge on any atom is 0.144 e. The Morgan fingerprint density at radius 2 is 2.00 bits per heavy atom. The molecule has 3 N–H and O–H groups in total. The van der Waals surface area contributed by atoms with Crippen LogP contribution in [-0.2, 0) is 4.74 Å². The molecule has 0 aromatic rings. The Kier molecular flexibility index (Phi) is 5.06. The number of ether oxygens (including phenoxy) is 1. The Morgan fingerprint density at radius 3 is 2.56 bits per heavy atom. The van der Waals surface area contributed by atoms with E-state index in [2.05, 4.69) is 5.16 Å². The van der Waals surface area contributed by atoms with E-state index < -0.39 is 0 Å². The van der Waals surface area contributed by atoms with Crippen molar-refractivity contribution < 1.29 is 9.94 Å². The SMILES string of the molecule is CC(C)(CCOC1CCCCC1)C(N)=NO. The lowest BCUT2D eigenvalue weighted by Gasteiger charge is -2.26. The predicted octanol–water partition coefficient (Wildman–Crippen LogP) is 2.50. The topological polar surface area (TPSA) is 67.8 Å². The molecule has 4 heteroatoms. The summed E-state index contributed by atoms with van der Waals surface area (Å²) in [7, 11) is 0. The fourth-order valence-corrected chi connectivity index (χ4v) is 1.98. The highest BCUT2D eigenvalue weighted by Crippen LogP contribution is 2.24. The van der Waals surface area contributed by atoms with Gasteiger partial charge in [0.15, 0.2) is 0 Å². The average molecular weight is 228 g/mol. The largest absolute Gasteiger partial charge is 0.409 e. The van der Waals surface area contributed by atoms with Crippen molar-refractivity contribution in [3.63, 3.8) is 0 Å². The van der Waals surface area contributed by atoms with Crippen LogP contribution in [-0.4, -0.2) is 23.8 Å². The molecule has 1 aliphatic rings. The summed E-state index contributed by atoms with van der Waals surface area (Å²) in [5.41, 5.74) is 5.33. The number of hydrogen-bond donors (Lipinski definition) is 2. The second-order valence-electron chi connectivity index (χ2n) is 5.25. The molecule has 0 aromatic heterocycles. The van der Waals surface area contributed by atoms with Crippen LogP contribution in [0.1, 0.15) is 52.4 Å². The fourth-order valence-electron chi connectivity index (χ4n) is 1.98. The zero-order valence-electron chi connectivity index (χ0n) is 10.4. The summed E-state index contributed by atoms with van der Waals surface area (Å²) in [5, 5.41) is 11.7. The molecule has 1 saturated carbocycles. The molecule has 4 nitrogen and oxygen atoms in total. The summed E-state index contributed by atoms with van der Waals surface area (Å²) < 4.78 is 5.82. The van der Waals surface area contributed by atoms with Crippen LogP contribution in [0.5, 0.6) is 0 Å². The summed E-state index contributed by atoms with van der Waals surface area (Å²) >= 11 is 0. The van der Waals surface area contributed by atoms with Crippen molar-refractivity contribution in [3.8, 4) is 0 Å². The molecule has 1 rings (SSSR count). The summed E-state index contributed by atoms with van der Waals surface area (Å²) in [4.78, 5) is 0. The maximum absolute atomic E-state index is 8.64. The summed E-state index contributed by atoms with van der Waals surface area (Å²) in [5.74, 6) is 0.278. The normalized spacial score (nSPS) is 20.0. The van der Waals surface area contributed by atoms with Crippen molar-refractivity contribution in [1.29, 1.82) is 0 Å². The molecule has 0 radical (unpaired) electrons. The third kappa shape index (κ3) is 4.00.